The summed E-state index contributed by atoms with van der Waals surface area (Å²) in [7, 11) is 0. The number of allylic oxidation sites excluding steroid dienone is 2. The van der Waals surface area contributed by atoms with Gasteiger partial charge in [0.25, 0.3) is 0 Å². The number of hydrogen-bond donors (Lipinski definition) is 1. The molecule has 2 saturated heterocycles. The van der Waals surface area contributed by atoms with Crippen molar-refractivity contribution in [2.45, 2.75) is 58.5 Å². The monoisotopic (exact) mass is 345 g/mol. The SMILES string of the molecule is C=C1CN(C(=O)/C=C/CC2CCCN2)C[C@H](C)N1/C(=C\CC)C(C)=O. The lowest BCUT2D eigenvalue weighted by Crippen LogP contribution is -2.51. The van der Waals surface area contributed by atoms with E-state index in [1.807, 2.05) is 35.8 Å². The minimum Gasteiger partial charge on any atom is -0.337 e. The largest absolute Gasteiger partial charge is 0.337 e. The molecule has 1 N–H and O–H groups in total. The fraction of sp³-hybridized carbons (Fsp3) is 0.600. The second-order valence-corrected chi connectivity index (χ2v) is 6.99. The van der Waals surface area contributed by atoms with Gasteiger partial charge in [-0.25, -0.2) is 0 Å². The first kappa shape index (κ1) is 19.4. The van der Waals surface area contributed by atoms with Gasteiger partial charge in [-0.05, 0) is 45.2 Å². The third-order valence-corrected chi connectivity index (χ3v) is 4.81. The zero-order valence-electron chi connectivity index (χ0n) is 15.8. The van der Waals surface area contributed by atoms with Crippen LogP contribution in [0.4, 0.5) is 0 Å². The molecule has 138 valence electrons. The molecule has 0 radical (unpaired) electrons. The zero-order chi connectivity index (χ0) is 18.4. The van der Waals surface area contributed by atoms with E-state index >= 15 is 0 Å². The fourth-order valence-corrected chi connectivity index (χ4v) is 3.65. The second kappa shape index (κ2) is 8.99. The van der Waals surface area contributed by atoms with Crippen molar-refractivity contribution >= 4 is 11.7 Å². The van der Waals surface area contributed by atoms with Crippen LogP contribution in [0.2, 0.25) is 0 Å². The smallest absolute Gasteiger partial charge is 0.246 e. The molecule has 0 aromatic rings. The van der Waals surface area contributed by atoms with Gasteiger partial charge in [0.05, 0.1) is 12.2 Å². The van der Waals surface area contributed by atoms with Crippen LogP contribution in [0.3, 0.4) is 0 Å². The van der Waals surface area contributed by atoms with Crippen LogP contribution in [0.1, 0.15) is 46.5 Å². The molecule has 0 aliphatic carbocycles. The Labute approximate surface area is 151 Å². The minimum atomic E-state index is 0.0227. The lowest BCUT2D eigenvalue weighted by molar-refractivity contribution is -0.127. The lowest BCUT2D eigenvalue weighted by atomic mass is 10.1. The van der Waals surface area contributed by atoms with E-state index in [4.69, 9.17) is 0 Å². The maximum absolute atomic E-state index is 12.5. The zero-order valence-corrected chi connectivity index (χ0v) is 15.8. The standard InChI is InChI=1S/C20H31N3O2/c1-5-8-19(17(4)24)23-15(2)13-22(14-16(23)3)20(25)11-6-9-18-10-7-12-21-18/h6,8,11,16,18,21H,2,5,7,9-10,12-14H2,1,3-4H3/b11-6+,19-8-/t16-,18?/m0/s1. The Hall–Kier alpha value is -1.88. The molecule has 2 fully saturated rings. The van der Waals surface area contributed by atoms with E-state index in [9.17, 15) is 9.59 Å². The molecule has 1 unspecified atom stereocenters. The first-order valence-corrected chi connectivity index (χ1v) is 9.31. The first-order valence-electron chi connectivity index (χ1n) is 9.31. The molecule has 2 atom stereocenters. The van der Waals surface area contributed by atoms with Crippen LogP contribution >= 0.6 is 0 Å². The van der Waals surface area contributed by atoms with Crippen molar-refractivity contribution in [1.82, 2.24) is 15.1 Å². The molecule has 25 heavy (non-hydrogen) atoms. The summed E-state index contributed by atoms with van der Waals surface area (Å²) in [6, 6.07) is 0.545. The topological polar surface area (TPSA) is 52.7 Å². The van der Waals surface area contributed by atoms with E-state index in [0.717, 1.165) is 25.1 Å². The Morgan fingerprint density at radius 2 is 2.16 bits per heavy atom. The molecule has 1 amide bonds. The number of nitrogens with one attached hydrogen (secondary N) is 1. The van der Waals surface area contributed by atoms with Crippen molar-refractivity contribution in [3.8, 4) is 0 Å². The Balaban J connectivity index is 1.97. The Kier molecular flexibility index (Phi) is 7.00. The minimum absolute atomic E-state index is 0.0227. The molecule has 5 heteroatoms. The van der Waals surface area contributed by atoms with Gasteiger partial charge in [-0.15, -0.1) is 0 Å². The van der Waals surface area contributed by atoms with Gasteiger partial charge in [0.15, 0.2) is 5.78 Å². The van der Waals surface area contributed by atoms with Crippen molar-refractivity contribution in [2.24, 2.45) is 0 Å². The highest BCUT2D eigenvalue weighted by atomic mass is 16.2. The first-order chi connectivity index (χ1) is 11.9. The van der Waals surface area contributed by atoms with Crippen LogP contribution < -0.4 is 5.32 Å². The van der Waals surface area contributed by atoms with E-state index in [2.05, 4.69) is 11.9 Å². The van der Waals surface area contributed by atoms with Gasteiger partial charge >= 0.3 is 0 Å². The summed E-state index contributed by atoms with van der Waals surface area (Å²) < 4.78 is 0. The highest BCUT2D eigenvalue weighted by Crippen LogP contribution is 2.24. The molecule has 2 aliphatic rings. The number of carbonyl (C=O) groups excluding carboxylic acids is 2. The van der Waals surface area contributed by atoms with Crippen molar-refractivity contribution < 1.29 is 9.59 Å². The van der Waals surface area contributed by atoms with E-state index in [1.54, 1.807) is 13.0 Å². The van der Waals surface area contributed by atoms with Crippen LogP contribution in [0.25, 0.3) is 0 Å². The molecule has 5 nitrogen and oxygen atoms in total. The normalized spacial score (nSPS) is 25.1. The quantitative estimate of drug-likeness (QED) is 0.752. The summed E-state index contributed by atoms with van der Waals surface area (Å²) in [5.41, 5.74) is 1.49. The van der Waals surface area contributed by atoms with E-state index in [-0.39, 0.29) is 17.7 Å². The van der Waals surface area contributed by atoms with E-state index < -0.39 is 0 Å². The summed E-state index contributed by atoms with van der Waals surface area (Å²) in [6.07, 6.45) is 9.70. The van der Waals surface area contributed by atoms with Crippen molar-refractivity contribution in [2.75, 3.05) is 19.6 Å². The third kappa shape index (κ3) is 5.05. The fourth-order valence-electron chi connectivity index (χ4n) is 3.65. The van der Waals surface area contributed by atoms with Crippen LogP contribution in [0.15, 0.2) is 36.2 Å². The molecule has 0 saturated carbocycles. The molecular weight excluding hydrogens is 314 g/mol. The highest BCUT2D eigenvalue weighted by molar-refractivity contribution is 5.93. The van der Waals surface area contributed by atoms with Gasteiger partial charge in [0, 0.05) is 31.2 Å². The maximum atomic E-state index is 12.5. The predicted molar refractivity (Wildman–Crippen MR) is 101 cm³/mol. The predicted octanol–water partition coefficient (Wildman–Crippen LogP) is 2.61. The second-order valence-electron chi connectivity index (χ2n) is 6.99. The lowest BCUT2D eigenvalue weighted by Gasteiger charge is -2.43. The van der Waals surface area contributed by atoms with E-state index in [0.29, 0.717) is 24.8 Å². The molecule has 0 aromatic carbocycles. The number of piperazine rings is 1. The summed E-state index contributed by atoms with van der Waals surface area (Å²) in [6.45, 7) is 11.9. The average Bonchev–Trinajstić information content (AvgIpc) is 3.06. The number of ketones is 1. The summed E-state index contributed by atoms with van der Waals surface area (Å²) in [4.78, 5) is 28.2. The Bertz CT molecular complexity index is 573. The van der Waals surface area contributed by atoms with Gasteiger partial charge in [-0.3, -0.25) is 9.59 Å². The molecular formula is C20H31N3O2. The van der Waals surface area contributed by atoms with Gasteiger partial charge in [0.1, 0.15) is 0 Å². The number of Topliss-reactive ketones (excluding diaryl/α,β-unsaturated/α-hetero) is 1. The van der Waals surface area contributed by atoms with E-state index in [1.165, 1.54) is 12.8 Å². The van der Waals surface area contributed by atoms with Gasteiger partial charge in [-0.1, -0.05) is 25.7 Å². The number of nitrogens with zero attached hydrogens (tertiary/aromatic N) is 2. The van der Waals surface area contributed by atoms with Gasteiger partial charge in [-0.2, -0.15) is 0 Å². The molecule has 2 rings (SSSR count). The van der Waals surface area contributed by atoms with Crippen molar-refractivity contribution in [1.29, 1.82) is 0 Å². The average molecular weight is 345 g/mol. The Morgan fingerprint density at radius 3 is 2.72 bits per heavy atom. The summed E-state index contributed by atoms with van der Waals surface area (Å²) in [5.74, 6) is 0.0630. The van der Waals surface area contributed by atoms with Crippen LogP contribution in [-0.4, -0.2) is 53.2 Å². The highest BCUT2D eigenvalue weighted by Gasteiger charge is 2.31. The maximum Gasteiger partial charge on any atom is 0.246 e. The number of amides is 1. The van der Waals surface area contributed by atoms with Crippen LogP contribution in [0, 0.1) is 0 Å². The van der Waals surface area contributed by atoms with Crippen LogP contribution in [-0.2, 0) is 9.59 Å². The summed E-state index contributed by atoms with van der Waals surface area (Å²) >= 11 is 0. The number of hydrogen-bond acceptors (Lipinski definition) is 4. The van der Waals surface area contributed by atoms with Gasteiger partial charge in [0.2, 0.25) is 5.91 Å². The van der Waals surface area contributed by atoms with Crippen molar-refractivity contribution in [3.63, 3.8) is 0 Å². The molecule has 2 heterocycles. The number of carbonyl (C=O) groups is 2. The number of rotatable bonds is 6. The third-order valence-electron chi connectivity index (χ3n) is 4.81. The van der Waals surface area contributed by atoms with Crippen LogP contribution in [0.5, 0.6) is 0 Å². The molecule has 2 aliphatic heterocycles. The van der Waals surface area contributed by atoms with Gasteiger partial charge < -0.3 is 15.1 Å². The molecule has 0 aromatic heterocycles. The Morgan fingerprint density at radius 1 is 1.40 bits per heavy atom. The molecule has 0 spiro atoms. The van der Waals surface area contributed by atoms with Crippen molar-refractivity contribution in [3.05, 3.63) is 36.2 Å². The summed E-state index contributed by atoms with van der Waals surface area (Å²) in [5, 5.41) is 3.43. The molecule has 0 bridgehead atoms.